The van der Waals surface area contributed by atoms with E-state index < -0.39 is 0 Å². The van der Waals surface area contributed by atoms with Gasteiger partial charge < -0.3 is 14.8 Å². The lowest BCUT2D eigenvalue weighted by Crippen LogP contribution is -2.40. The van der Waals surface area contributed by atoms with Crippen LogP contribution in [0.15, 0.2) is 4.99 Å². The molecule has 7 heteroatoms. The van der Waals surface area contributed by atoms with Crippen LogP contribution >= 0.6 is 24.0 Å². The van der Waals surface area contributed by atoms with Crippen LogP contribution in [0, 0.1) is 11.8 Å². The fraction of sp³-hybridized carbons (Fsp3) is 0.824. The molecule has 1 saturated heterocycles. The summed E-state index contributed by atoms with van der Waals surface area (Å²) >= 11 is 0. The second kappa shape index (κ2) is 9.01. The van der Waals surface area contributed by atoms with Gasteiger partial charge in [0.05, 0.1) is 0 Å². The van der Waals surface area contributed by atoms with Gasteiger partial charge in [-0.25, -0.2) is 4.99 Å². The Morgan fingerprint density at radius 3 is 2.92 bits per heavy atom. The minimum absolute atomic E-state index is 0. The number of likely N-dealkylation sites (tertiary alicyclic amines) is 1. The summed E-state index contributed by atoms with van der Waals surface area (Å²) in [5, 5.41) is 12.0. The molecule has 0 bridgehead atoms. The first-order chi connectivity index (χ1) is 11.2. The molecule has 136 valence electrons. The second-order valence-electron chi connectivity index (χ2n) is 7.19. The summed E-state index contributed by atoms with van der Waals surface area (Å²) in [6.45, 7) is 11.6. The van der Waals surface area contributed by atoms with Gasteiger partial charge in [0.15, 0.2) is 11.8 Å². The molecule has 6 nitrogen and oxygen atoms in total. The first kappa shape index (κ1) is 19.5. The van der Waals surface area contributed by atoms with Crippen LogP contribution in [0.2, 0.25) is 0 Å². The maximum atomic E-state index is 4.84. The highest BCUT2D eigenvalue weighted by Crippen LogP contribution is 2.23. The van der Waals surface area contributed by atoms with Crippen molar-refractivity contribution in [1.29, 1.82) is 0 Å². The molecular formula is C17H31IN6. The van der Waals surface area contributed by atoms with Gasteiger partial charge in [-0.15, -0.1) is 34.2 Å². The average Bonchev–Trinajstić information content (AvgIpc) is 3.20. The Labute approximate surface area is 162 Å². The van der Waals surface area contributed by atoms with E-state index in [0.29, 0.717) is 6.54 Å². The Balaban J connectivity index is 0.00000208. The zero-order valence-corrected chi connectivity index (χ0v) is 17.5. The molecule has 1 atom stereocenters. The van der Waals surface area contributed by atoms with Crippen LogP contribution in [0.3, 0.4) is 0 Å². The van der Waals surface area contributed by atoms with Crippen LogP contribution in [-0.4, -0.2) is 45.3 Å². The van der Waals surface area contributed by atoms with Crippen molar-refractivity contribution < 1.29 is 0 Å². The predicted molar refractivity (Wildman–Crippen MR) is 108 cm³/mol. The van der Waals surface area contributed by atoms with E-state index in [1.807, 2.05) is 0 Å². The summed E-state index contributed by atoms with van der Waals surface area (Å²) in [6.07, 6.45) is 4.83. The molecule has 0 saturated carbocycles. The molecule has 1 unspecified atom stereocenters. The Bertz CT molecular complexity index is 553. The van der Waals surface area contributed by atoms with Crippen molar-refractivity contribution in [2.75, 3.05) is 19.6 Å². The SMILES string of the molecule is CCNC(=NCc1nnc2n1CCC2)N1CCC(CC(C)C)C1.I. The van der Waals surface area contributed by atoms with E-state index in [1.165, 1.54) is 19.3 Å². The number of hydrogen-bond acceptors (Lipinski definition) is 3. The Kier molecular flexibility index (Phi) is 7.31. The van der Waals surface area contributed by atoms with Gasteiger partial charge in [-0.2, -0.15) is 0 Å². The number of halogens is 1. The summed E-state index contributed by atoms with van der Waals surface area (Å²) in [5.74, 6) is 4.74. The van der Waals surface area contributed by atoms with E-state index in [4.69, 9.17) is 4.99 Å². The number of fused-ring (bicyclic) bond motifs is 1. The molecule has 0 spiro atoms. The van der Waals surface area contributed by atoms with E-state index in [2.05, 4.69) is 45.8 Å². The molecule has 0 aliphatic carbocycles. The highest BCUT2D eigenvalue weighted by Gasteiger charge is 2.25. The van der Waals surface area contributed by atoms with E-state index in [-0.39, 0.29) is 24.0 Å². The second-order valence-corrected chi connectivity index (χ2v) is 7.19. The minimum atomic E-state index is 0. The monoisotopic (exact) mass is 446 g/mol. The minimum Gasteiger partial charge on any atom is -0.357 e. The molecule has 3 rings (SSSR count). The molecule has 1 N–H and O–H groups in total. The van der Waals surface area contributed by atoms with Gasteiger partial charge in [-0.1, -0.05) is 13.8 Å². The van der Waals surface area contributed by atoms with Crippen LogP contribution in [0.5, 0.6) is 0 Å². The third-order valence-electron chi connectivity index (χ3n) is 4.78. The molecule has 3 heterocycles. The first-order valence-electron chi connectivity index (χ1n) is 9.11. The lowest BCUT2D eigenvalue weighted by Gasteiger charge is -2.22. The fourth-order valence-electron chi connectivity index (χ4n) is 3.78. The van der Waals surface area contributed by atoms with Crippen LogP contribution in [-0.2, 0) is 19.5 Å². The Hall–Kier alpha value is -0.860. The number of hydrogen-bond donors (Lipinski definition) is 1. The molecule has 1 aromatic heterocycles. The molecule has 2 aliphatic rings. The molecule has 0 amide bonds. The van der Waals surface area contributed by atoms with E-state index >= 15 is 0 Å². The lowest BCUT2D eigenvalue weighted by molar-refractivity contribution is 0.403. The molecule has 1 fully saturated rings. The van der Waals surface area contributed by atoms with Gasteiger partial charge >= 0.3 is 0 Å². The van der Waals surface area contributed by atoms with Gasteiger partial charge in [-0.05, 0) is 38.0 Å². The van der Waals surface area contributed by atoms with Crippen LogP contribution in [0.1, 0.15) is 51.7 Å². The number of nitrogens with one attached hydrogen (secondary N) is 1. The third kappa shape index (κ3) is 4.61. The van der Waals surface area contributed by atoms with Gasteiger partial charge in [0.2, 0.25) is 0 Å². The largest absolute Gasteiger partial charge is 0.357 e. The van der Waals surface area contributed by atoms with Gasteiger partial charge in [0.1, 0.15) is 12.4 Å². The van der Waals surface area contributed by atoms with E-state index in [1.54, 1.807) is 0 Å². The van der Waals surface area contributed by atoms with Crippen molar-refractivity contribution in [2.24, 2.45) is 16.8 Å². The number of guanidine groups is 1. The van der Waals surface area contributed by atoms with Crippen molar-refractivity contribution in [3.05, 3.63) is 11.6 Å². The molecule has 0 aromatic carbocycles. The summed E-state index contributed by atoms with van der Waals surface area (Å²) in [4.78, 5) is 7.25. The summed E-state index contributed by atoms with van der Waals surface area (Å²) in [5.41, 5.74) is 0. The van der Waals surface area contributed by atoms with Gasteiger partial charge in [0.25, 0.3) is 0 Å². The third-order valence-corrected chi connectivity index (χ3v) is 4.78. The van der Waals surface area contributed by atoms with Crippen molar-refractivity contribution in [1.82, 2.24) is 25.0 Å². The first-order valence-corrected chi connectivity index (χ1v) is 9.11. The smallest absolute Gasteiger partial charge is 0.194 e. The molecule has 1 aromatic rings. The quantitative estimate of drug-likeness (QED) is 0.429. The molecular weight excluding hydrogens is 415 g/mol. The standard InChI is InChI=1S/C17H30N6.HI/c1-4-18-17(22-9-7-14(12-22)10-13(2)3)19-11-16-21-20-15-6-5-8-23(15)16;/h13-14H,4-12H2,1-3H3,(H,18,19);1H. The summed E-state index contributed by atoms with van der Waals surface area (Å²) in [6, 6.07) is 0. The van der Waals surface area contributed by atoms with Crippen molar-refractivity contribution in [3.63, 3.8) is 0 Å². The van der Waals surface area contributed by atoms with E-state index in [0.717, 1.165) is 62.0 Å². The van der Waals surface area contributed by atoms with Crippen molar-refractivity contribution in [2.45, 2.75) is 59.5 Å². The average molecular weight is 446 g/mol. The Morgan fingerprint density at radius 2 is 2.17 bits per heavy atom. The summed E-state index contributed by atoms with van der Waals surface area (Å²) < 4.78 is 2.23. The number of aryl methyl sites for hydroxylation is 1. The topological polar surface area (TPSA) is 58.3 Å². The van der Waals surface area contributed by atoms with Crippen LogP contribution in [0.25, 0.3) is 0 Å². The summed E-state index contributed by atoms with van der Waals surface area (Å²) in [7, 11) is 0. The maximum absolute atomic E-state index is 4.84. The number of rotatable bonds is 5. The molecule has 0 radical (unpaired) electrons. The van der Waals surface area contributed by atoms with Crippen LogP contribution in [0.4, 0.5) is 0 Å². The van der Waals surface area contributed by atoms with Crippen molar-refractivity contribution >= 4 is 29.9 Å². The predicted octanol–water partition coefficient (Wildman–Crippen LogP) is 2.68. The van der Waals surface area contributed by atoms with Crippen LogP contribution < -0.4 is 5.32 Å². The number of aliphatic imine (C=N–C) groups is 1. The molecule has 24 heavy (non-hydrogen) atoms. The van der Waals surface area contributed by atoms with Gasteiger partial charge in [0, 0.05) is 32.6 Å². The maximum Gasteiger partial charge on any atom is 0.194 e. The Morgan fingerprint density at radius 1 is 1.33 bits per heavy atom. The normalized spacial score (nSPS) is 20.4. The highest BCUT2D eigenvalue weighted by molar-refractivity contribution is 14.0. The number of nitrogens with zero attached hydrogens (tertiary/aromatic N) is 5. The van der Waals surface area contributed by atoms with Crippen molar-refractivity contribution in [3.8, 4) is 0 Å². The number of aromatic nitrogens is 3. The van der Waals surface area contributed by atoms with Gasteiger partial charge in [-0.3, -0.25) is 0 Å². The van der Waals surface area contributed by atoms with E-state index in [9.17, 15) is 0 Å². The molecule has 2 aliphatic heterocycles. The fourth-order valence-corrected chi connectivity index (χ4v) is 3.78. The zero-order valence-electron chi connectivity index (χ0n) is 15.2. The lowest BCUT2D eigenvalue weighted by atomic mass is 9.97. The highest BCUT2D eigenvalue weighted by atomic mass is 127. The zero-order chi connectivity index (χ0) is 16.2.